The van der Waals surface area contributed by atoms with Gasteiger partial charge in [-0.2, -0.15) is 0 Å². The van der Waals surface area contributed by atoms with Crippen molar-refractivity contribution in [3.63, 3.8) is 0 Å². The second kappa shape index (κ2) is 7.97. The van der Waals surface area contributed by atoms with Crippen LogP contribution in [0.15, 0.2) is 35.9 Å². The zero-order chi connectivity index (χ0) is 14.3. The van der Waals surface area contributed by atoms with E-state index in [4.69, 9.17) is 16.3 Å². The first-order chi connectivity index (χ1) is 9.08. The predicted octanol–water partition coefficient (Wildman–Crippen LogP) is 3.50. The van der Waals surface area contributed by atoms with Gasteiger partial charge in [0, 0.05) is 23.2 Å². The van der Waals surface area contributed by atoms with E-state index in [1.807, 2.05) is 37.3 Å². The molecule has 3 nitrogen and oxygen atoms in total. The Bertz CT molecular complexity index is 457. The first kappa shape index (κ1) is 15.7. The van der Waals surface area contributed by atoms with Crippen LogP contribution in [0.1, 0.15) is 31.9 Å². The van der Waals surface area contributed by atoms with Crippen molar-refractivity contribution >= 4 is 17.6 Å². The molecule has 0 radical (unpaired) electrons. The molecule has 0 unspecified atom stereocenters. The highest BCUT2D eigenvalue weighted by Crippen LogP contribution is 2.17. The van der Waals surface area contributed by atoms with Crippen molar-refractivity contribution in [2.45, 2.75) is 26.3 Å². The number of halogens is 1. The summed E-state index contributed by atoms with van der Waals surface area (Å²) in [6.07, 6.45) is 2.53. The molecule has 0 aliphatic rings. The second-order valence-corrected chi connectivity index (χ2v) is 4.70. The van der Waals surface area contributed by atoms with Gasteiger partial charge in [-0.3, -0.25) is 0 Å². The molecule has 0 aromatic heterocycles. The molecule has 0 saturated heterocycles. The lowest BCUT2D eigenvalue weighted by atomic mass is 10.1. The maximum atomic E-state index is 11.4. The first-order valence-corrected chi connectivity index (χ1v) is 6.72. The molecule has 0 heterocycles. The lowest BCUT2D eigenvalue weighted by Crippen LogP contribution is -2.19. The Morgan fingerprint density at radius 1 is 1.53 bits per heavy atom. The van der Waals surface area contributed by atoms with Crippen LogP contribution in [0.5, 0.6) is 0 Å². The third-order valence-electron chi connectivity index (χ3n) is 2.95. The van der Waals surface area contributed by atoms with E-state index in [0.29, 0.717) is 18.5 Å². The molecule has 0 amide bonds. The summed E-state index contributed by atoms with van der Waals surface area (Å²) in [6, 6.07) is 7.91. The van der Waals surface area contributed by atoms with Crippen molar-refractivity contribution in [2.75, 3.05) is 13.7 Å². The van der Waals surface area contributed by atoms with E-state index in [0.717, 1.165) is 10.6 Å². The number of esters is 1. The fourth-order valence-corrected chi connectivity index (χ4v) is 1.95. The van der Waals surface area contributed by atoms with Gasteiger partial charge < -0.3 is 10.1 Å². The van der Waals surface area contributed by atoms with Crippen molar-refractivity contribution < 1.29 is 9.53 Å². The lowest BCUT2D eigenvalue weighted by Gasteiger charge is -2.13. The zero-order valence-electron chi connectivity index (χ0n) is 11.6. The van der Waals surface area contributed by atoms with Gasteiger partial charge in [0.05, 0.1) is 7.11 Å². The quantitative estimate of drug-likeness (QED) is 0.641. The summed E-state index contributed by atoms with van der Waals surface area (Å²) in [5.74, 6) is -0.264. The smallest absolute Gasteiger partial charge is 0.333 e. The van der Waals surface area contributed by atoms with Crippen molar-refractivity contribution in [1.82, 2.24) is 5.32 Å². The molecule has 0 saturated carbocycles. The van der Waals surface area contributed by atoms with Gasteiger partial charge in [-0.1, -0.05) is 36.7 Å². The van der Waals surface area contributed by atoms with Crippen LogP contribution >= 0.6 is 11.6 Å². The summed E-state index contributed by atoms with van der Waals surface area (Å²) in [7, 11) is 1.40. The van der Waals surface area contributed by atoms with Gasteiger partial charge in [0.25, 0.3) is 0 Å². The minimum absolute atomic E-state index is 0.172. The standard InChI is InChI=1S/C15H20ClNO2/c1-4-12(15(18)19-3)8-9-17-11(2)13-6-5-7-14(16)10-13/h5-8,10-11,17H,4,9H2,1-3H3/b12-8-/t11-/m1/s1. The molecule has 0 spiro atoms. The monoisotopic (exact) mass is 281 g/mol. The van der Waals surface area contributed by atoms with Gasteiger partial charge >= 0.3 is 5.97 Å². The number of benzene rings is 1. The van der Waals surface area contributed by atoms with E-state index in [9.17, 15) is 4.79 Å². The van der Waals surface area contributed by atoms with Crippen molar-refractivity contribution in [1.29, 1.82) is 0 Å². The topological polar surface area (TPSA) is 38.3 Å². The highest BCUT2D eigenvalue weighted by molar-refractivity contribution is 6.30. The van der Waals surface area contributed by atoms with Gasteiger partial charge in [-0.15, -0.1) is 0 Å². The largest absolute Gasteiger partial charge is 0.466 e. The van der Waals surface area contributed by atoms with E-state index in [-0.39, 0.29) is 12.0 Å². The fourth-order valence-electron chi connectivity index (χ4n) is 1.76. The third kappa shape index (κ3) is 5.05. The van der Waals surface area contributed by atoms with Gasteiger partial charge in [0.2, 0.25) is 0 Å². The number of ether oxygens (including phenoxy) is 1. The average molecular weight is 282 g/mol. The SMILES string of the molecule is CC/C(=C/CN[C@H](C)c1cccc(Cl)c1)C(=O)OC. The Balaban J connectivity index is 2.57. The summed E-state index contributed by atoms with van der Waals surface area (Å²) in [5.41, 5.74) is 1.81. The Kier molecular flexibility index (Phi) is 6.60. The maximum Gasteiger partial charge on any atom is 0.333 e. The van der Waals surface area contributed by atoms with E-state index < -0.39 is 0 Å². The zero-order valence-corrected chi connectivity index (χ0v) is 12.3. The first-order valence-electron chi connectivity index (χ1n) is 6.34. The molecular weight excluding hydrogens is 262 g/mol. The molecule has 1 atom stereocenters. The summed E-state index contributed by atoms with van der Waals surface area (Å²) < 4.78 is 4.71. The molecule has 104 valence electrons. The molecule has 0 bridgehead atoms. The molecular formula is C15H20ClNO2. The van der Waals surface area contributed by atoms with E-state index in [1.165, 1.54) is 7.11 Å². The molecule has 0 aliphatic heterocycles. The second-order valence-electron chi connectivity index (χ2n) is 4.26. The fraction of sp³-hybridized carbons (Fsp3) is 0.400. The minimum atomic E-state index is -0.264. The lowest BCUT2D eigenvalue weighted by molar-refractivity contribution is -0.136. The van der Waals surface area contributed by atoms with Crippen LogP contribution in [0.25, 0.3) is 0 Å². The Morgan fingerprint density at radius 3 is 2.84 bits per heavy atom. The number of methoxy groups -OCH3 is 1. The maximum absolute atomic E-state index is 11.4. The minimum Gasteiger partial charge on any atom is -0.466 e. The van der Waals surface area contributed by atoms with Crippen LogP contribution in [0.3, 0.4) is 0 Å². The van der Waals surface area contributed by atoms with E-state index >= 15 is 0 Å². The van der Waals surface area contributed by atoms with Gasteiger partial charge in [-0.25, -0.2) is 4.79 Å². The highest BCUT2D eigenvalue weighted by Gasteiger charge is 2.07. The van der Waals surface area contributed by atoms with Crippen LogP contribution in [-0.4, -0.2) is 19.6 Å². The number of hydrogen-bond acceptors (Lipinski definition) is 3. The number of hydrogen-bond donors (Lipinski definition) is 1. The van der Waals surface area contributed by atoms with Crippen LogP contribution in [0, 0.1) is 0 Å². The molecule has 4 heteroatoms. The van der Waals surface area contributed by atoms with E-state index in [2.05, 4.69) is 12.2 Å². The third-order valence-corrected chi connectivity index (χ3v) is 3.18. The summed E-state index contributed by atoms with van der Waals surface area (Å²) in [4.78, 5) is 11.4. The van der Waals surface area contributed by atoms with E-state index in [1.54, 1.807) is 0 Å². The normalized spacial score (nSPS) is 13.2. The number of carbonyl (C=O) groups is 1. The van der Waals surface area contributed by atoms with Crippen LogP contribution in [0.4, 0.5) is 0 Å². The van der Waals surface area contributed by atoms with Crippen molar-refractivity contribution in [3.05, 3.63) is 46.5 Å². The molecule has 0 fully saturated rings. The van der Waals surface area contributed by atoms with Gasteiger partial charge in [0.15, 0.2) is 0 Å². The molecule has 1 N–H and O–H groups in total. The molecule has 0 aliphatic carbocycles. The summed E-state index contributed by atoms with van der Waals surface area (Å²) in [6.45, 7) is 4.61. The Morgan fingerprint density at radius 2 is 2.26 bits per heavy atom. The van der Waals surface area contributed by atoms with Crippen LogP contribution in [0.2, 0.25) is 5.02 Å². The van der Waals surface area contributed by atoms with Gasteiger partial charge in [0.1, 0.15) is 0 Å². The molecule has 1 aromatic carbocycles. The van der Waals surface area contributed by atoms with Crippen molar-refractivity contribution in [2.24, 2.45) is 0 Å². The summed E-state index contributed by atoms with van der Waals surface area (Å²) in [5, 5.41) is 4.05. The Labute approximate surface area is 119 Å². The Hall–Kier alpha value is -1.32. The average Bonchev–Trinajstić information content (AvgIpc) is 2.42. The van der Waals surface area contributed by atoms with Crippen LogP contribution in [-0.2, 0) is 9.53 Å². The highest BCUT2D eigenvalue weighted by atomic mass is 35.5. The number of nitrogens with one attached hydrogen (secondary N) is 1. The predicted molar refractivity (Wildman–Crippen MR) is 78.3 cm³/mol. The van der Waals surface area contributed by atoms with Crippen molar-refractivity contribution in [3.8, 4) is 0 Å². The molecule has 1 rings (SSSR count). The number of rotatable bonds is 6. The summed E-state index contributed by atoms with van der Waals surface area (Å²) >= 11 is 5.96. The molecule has 19 heavy (non-hydrogen) atoms. The molecule has 1 aromatic rings. The van der Waals surface area contributed by atoms with Gasteiger partial charge in [-0.05, 0) is 31.0 Å². The number of carbonyl (C=O) groups excluding carboxylic acids is 1. The van der Waals surface area contributed by atoms with Crippen LogP contribution < -0.4 is 5.32 Å².